The first-order valence-corrected chi connectivity index (χ1v) is 10.6. The molecule has 0 aliphatic rings. The van der Waals surface area contributed by atoms with E-state index in [1.807, 2.05) is 0 Å². The molecular weight excluding hydrogens is 326 g/mol. The van der Waals surface area contributed by atoms with Crippen LogP contribution in [0.5, 0.6) is 0 Å². The van der Waals surface area contributed by atoms with Crippen LogP contribution in [0, 0.1) is 5.41 Å². The molecule has 1 N–H and O–H groups in total. The van der Waals surface area contributed by atoms with Crippen LogP contribution in [-0.4, -0.2) is 6.54 Å². The molecule has 0 radical (unpaired) electrons. The van der Waals surface area contributed by atoms with Crippen LogP contribution in [-0.2, 0) is 5.41 Å². The van der Waals surface area contributed by atoms with Crippen molar-refractivity contribution >= 4 is 27.2 Å². The maximum Gasteiger partial charge on any atom is 0.0346 e. The van der Waals surface area contributed by atoms with E-state index in [-0.39, 0.29) is 5.41 Å². The molecule has 0 saturated heterocycles. The van der Waals surface area contributed by atoms with Gasteiger partial charge in [0.15, 0.2) is 0 Å². The number of nitrogens with one attached hydrogen (secondary N) is 1. The van der Waals surface area contributed by atoms with E-state index in [9.17, 15) is 0 Å². The summed E-state index contributed by atoms with van der Waals surface area (Å²) in [7, 11) is 0. The van der Waals surface area contributed by atoms with Crippen LogP contribution in [0.25, 0.3) is 21.5 Å². The summed E-state index contributed by atoms with van der Waals surface area (Å²) in [6.07, 6.45) is 3.57. The third kappa shape index (κ3) is 3.33. The highest BCUT2D eigenvalue weighted by Crippen LogP contribution is 2.49. The first-order chi connectivity index (χ1) is 12.9. The van der Waals surface area contributed by atoms with Gasteiger partial charge in [-0.05, 0) is 88.4 Å². The molecule has 0 saturated carbocycles. The molecule has 144 valence electrons. The molecule has 1 nitrogen and oxygen atoms in total. The molecule has 0 spiro atoms. The molecule has 3 rings (SSSR count). The summed E-state index contributed by atoms with van der Waals surface area (Å²) in [4.78, 5) is 0. The first-order valence-electron chi connectivity index (χ1n) is 10.6. The van der Waals surface area contributed by atoms with Gasteiger partial charge in [-0.15, -0.1) is 0 Å². The Labute approximate surface area is 165 Å². The zero-order valence-corrected chi connectivity index (χ0v) is 17.9. The second-order valence-corrected chi connectivity index (χ2v) is 8.46. The fraction of sp³-hybridized carbons (Fsp3) is 0.462. The highest BCUT2D eigenvalue weighted by molar-refractivity contribution is 5.99. The predicted molar refractivity (Wildman–Crippen MR) is 122 cm³/mol. The average Bonchev–Trinajstić information content (AvgIpc) is 2.70. The Kier molecular flexibility index (Phi) is 5.51. The maximum atomic E-state index is 3.41. The number of benzene rings is 3. The maximum absolute atomic E-state index is 3.41. The van der Waals surface area contributed by atoms with Gasteiger partial charge in [0.05, 0.1) is 0 Å². The minimum absolute atomic E-state index is 0.189. The topological polar surface area (TPSA) is 12.0 Å². The molecule has 1 heteroatoms. The minimum Gasteiger partial charge on any atom is -0.385 e. The van der Waals surface area contributed by atoms with Crippen molar-refractivity contribution in [2.24, 2.45) is 5.41 Å². The number of rotatable bonds is 7. The molecule has 0 amide bonds. The van der Waals surface area contributed by atoms with Gasteiger partial charge in [-0.3, -0.25) is 0 Å². The fourth-order valence-electron chi connectivity index (χ4n) is 4.66. The summed E-state index contributed by atoms with van der Waals surface area (Å²) in [5, 5.41) is 8.71. The zero-order chi connectivity index (χ0) is 19.7. The van der Waals surface area contributed by atoms with Crippen molar-refractivity contribution in [1.82, 2.24) is 0 Å². The summed E-state index contributed by atoms with van der Waals surface area (Å²) in [6, 6.07) is 18.5. The number of hydrogen-bond acceptors (Lipinski definition) is 1. The molecule has 3 aromatic carbocycles. The first kappa shape index (κ1) is 19.7. The van der Waals surface area contributed by atoms with Gasteiger partial charge in [0.2, 0.25) is 0 Å². The van der Waals surface area contributed by atoms with E-state index >= 15 is 0 Å². The van der Waals surface area contributed by atoms with Crippen LogP contribution >= 0.6 is 0 Å². The van der Waals surface area contributed by atoms with Crippen molar-refractivity contribution < 1.29 is 0 Å². The molecule has 0 bridgehead atoms. The van der Waals surface area contributed by atoms with Crippen LogP contribution in [0.3, 0.4) is 0 Å². The molecule has 27 heavy (non-hydrogen) atoms. The zero-order valence-electron chi connectivity index (χ0n) is 17.9. The highest BCUT2D eigenvalue weighted by atomic mass is 14.8. The average molecular weight is 362 g/mol. The van der Waals surface area contributed by atoms with Crippen LogP contribution in [0.1, 0.15) is 66.4 Å². The summed E-state index contributed by atoms with van der Waals surface area (Å²) in [6.45, 7) is 15.0. The summed E-state index contributed by atoms with van der Waals surface area (Å²) >= 11 is 0. The van der Waals surface area contributed by atoms with Gasteiger partial charge < -0.3 is 5.32 Å². The van der Waals surface area contributed by atoms with Crippen molar-refractivity contribution in [3.8, 4) is 0 Å². The molecule has 0 aliphatic carbocycles. The Morgan fingerprint density at radius 3 is 1.81 bits per heavy atom. The van der Waals surface area contributed by atoms with E-state index in [1.54, 1.807) is 0 Å². The quantitative estimate of drug-likeness (QED) is 0.421. The molecule has 1 unspecified atom stereocenters. The fourth-order valence-corrected chi connectivity index (χ4v) is 4.66. The van der Waals surface area contributed by atoms with Crippen LogP contribution in [0.4, 0.5) is 5.69 Å². The van der Waals surface area contributed by atoms with Crippen molar-refractivity contribution in [2.75, 3.05) is 11.9 Å². The van der Waals surface area contributed by atoms with E-state index in [1.165, 1.54) is 45.6 Å². The number of anilines is 1. The van der Waals surface area contributed by atoms with Crippen molar-refractivity contribution in [3.05, 3.63) is 54.1 Å². The second kappa shape index (κ2) is 7.54. The van der Waals surface area contributed by atoms with E-state index in [4.69, 9.17) is 0 Å². The van der Waals surface area contributed by atoms with Gasteiger partial charge in [0.1, 0.15) is 0 Å². The van der Waals surface area contributed by atoms with Gasteiger partial charge in [0, 0.05) is 12.2 Å². The van der Waals surface area contributed by atoms with E-state index in [0.29, 0.717) is 5.41 Å². The number of hydrogen-bond donors (Lipinski definition) is 1. The predicted octanol–water partition coefficient (Wildman–Crippen LogP) is 7.92. The van der Waals surface area contributed by atoms with Crippen molar-refractivity contribution in [2.45, 2.75) is 66.2 Å². The number of fused-ring (bicyclic) bond motifs is 2. The third-order valence-corrected chi connectivity index (χ3v) is 7.41. The second-order valence-electron chi connectivity index (χ2n) is 8.46. The lowest BCUT2D eigenvalue weighted by atomic mass is 9.58. The van der Waals surface area contributed by atoms with Crippen molar-refractivity contribution in [1.29, 1.82) is 0 Å². The van der Waals surface area contributed by atoms with Crippen molar-refractivity contribution in [3.63, 3.8) is 0 Å². The lowest BCUT2D eigenvalue weighted by molar-refractivity contribution is 0.133. The standard InChI is InChI=1S/C26H35N/c1-7-25(5,8-2)26(6,9-3)23-13-11-19-16-22-18-24(27-10-4)14-12-20(22)15-21(19)17-23/h11-18,27H,7-10H2,1-6H3. The van der Waals surface area contributed by atoms with Gasteiger partial charge in [-0.25, -0.2) is 0 Å². The molecule has 0 aromatic heterocycles. The summed E-state index contributed by atoms with van der Waals surface area (Å²) < 4.78 is 0. The van der Waals surface area contributed by atoms with Gasteiger partial charge in [-0.2, -0.15) is 0 Å². The minimum atomic E-state index is 0.189. The van der Waals surface area contributed by atoms with Crippen LogP contribution in [0.2, 0.25) is 0 Å². The van der Waals surface area contributed by atoms with E-state index in [0.717, 1.165) is 13.0 Å². The van der Waals surface area contributed by atoms with Gasteiger partial charge in [0.25, 0.3) is 0 Å². The molecule has 3 aromatic rings. The van der Waals surface area contributed by atoms with Gasteiger partial charge >= 0.3 is 0 Å². The van der Waals surface area contributed by atoms with Crippen LogP contribution in [0.15, 0.2) is 48.5 Å². The Balaban J connectivity index is 2.14. The summed E-state index contributed by atoms with van der Waals surface area (Å²) in [5.41, 5.74) is 3.18. The van der Waals surface area contributed by atoms with E-state index in [2.05, 4.69) is 95.4 Å². The molecule has 0 aliphatic heterocycles. The SMILES string of the molecule is CCNc1ccc2cc3cc(C(C)(CC)C(C)(CC)CC)ccc3cc2c1. The lowest BCUT2D eigenvalue weighted by Crippen LogP contribution is -2.40. The Morgan fingerprint density at radius 1 is 0.667 bits per heavy atom. The highest BCUT2D eigenvalue weighted by Gasteiger charge is 2.41. The monoisotopic (exact) mass is 361 g/mol. The Morgan fingerprint density at radius 2 is 1.26 bits per heavy atom. The Bertz CT molecular complexity index is 935. The van der Waals surface area contributed by atoms with Crippen LogP contribution < -0.4 is 5.32 Å². The molecule has 0 fully saturated rings. The van der Waals surface area contributed by atoms with E-state index < -0.39 is 0 Å². The largest absolute Gasteiger partial charge is 0.385 e. The molecule has 1 atom stereocenters. The summed E-state index contributed by atoms with van der Waals surface area (Å²) in [5.74, 6) is 0. The smallest absolute Gasteiger partial charge is 0.0346 e. The lowest BCUT2D eigenvalue weighted by Gasteiger charge is -2.46. The third-order valence-electron chi connectivity index (χ3n) is 7.41. The normalized spacial score (nSPS) is 14.4. The molecular formula is C26H35N. The molecule has 0 heterocycles. The van der Waals surface area contributed by atoms with Gasteiger partial charge in [-0.1, -0.05) is 58.9 Å². The Hall–Kier alpha value is -2.02.